The number of ether oxygens (including phenoxy) is 2. The van der Waals surface area contributed by atoms with Crippen LogP contribution in [0.5, 0.6) is 0 Å². The summed E-state index contributed by atoms with van der Waals surface area (Å²) in [5.74, 6) is 0.0806. The van der Waals surface area contributed by atoms with Crippen molar-refractivity contribution in [3.8, 4) is 0 Å². The first-order chi connectivity index (χ1) is 18.5. The highest BCUT2D eigenvalue weighted by Crippen LogP contribution is 2.50. The first kappa shape index (κ1) is 27.9. The molecule has 0 spiro atoms. The summed E-state index contributed by atoms with van der Waals surface area (Å²) in [5.41, 5.74) is 5.19. The van der Waals surface area contributed by atoms with E-state index in [1.807, 2.05) is 0 Å². The normalized spacial score (nSPS) is 30.6. The second-order valence-electron chi connectivity index (χ2n) is 9.02. The average molecular weight is 589 g/mol. The van der Waals surface area contributed by atoms with E-state index in [0.717, 1.165) is 4.57 Å². The molecule has 0 saturated carbocycles. The molecule has 2 aliphatic rings. The molecule has 5 heterocycles. The zero-order chi connectivity index (χ0) is 28.1. The van der Waals surface area contributed by atoms with E-state index in [1.165, 1.54) is 30.3 Å². The van der Waals surface area contributed by atoms with Gasteiger partial charge in [-0.1, -0.05) is 0 Å². The second kappa shape index (κ2) is 10.7. The summed E-state index contributed by atoms with van der Waals surface area (Å²) in [7, 11) is 0. The molecule has 2 saturated heterocycles. The Hall–Kier alpha value is -2.67. The van der Waals surface area contributed by atoms with Crippen LogP contribution in [0.15, 0.2) is 28.4 Å². The minimum atomic E-state index is -4.16. The number of nitrogens with two attached hydrogens (primary N) is 1. The molecule has 39 heavy (non-hydrogen) atoms. The molecule has 0 aromatic carbocycles. The zero-order valence-corrected chi connectivity index (χ0v) is 21.9. The van der Waals surface area contributed by atoms with Gasteiger partial charge in [0.25, 0.3) is 5.56 Å². The van der Waals surface area contributed by atoms with Crippen LogP contribution in [0.1, 0.15) is 24.4 Å². The number of hydrogen-bond donors (Lipinski definition) is 5. The number of halogens is 1. The van der Waals surface area contributed by atoms with E-state index in [4.69, 9.17) is 36.1 Å². The standard InChI is InChI=1S/C20H25FN7O9PS/c1-8-3-27(20(32)26-18(8)31)12-2-9(30)11(35-12)5-34-38(33,39)37-15-10(4-29)36-19(13(15)21)28-7-25-14-16(22)23-6-24-17(14)28/h3,6-7,9-13,15,19,29-30H,2,4-5H2,1H3,(H,33,39)(H2,22,23,24)(H,26,31,32)/t9-,10+,11+,12+,13-,15+,19+,38?/m0/s1. The second-order valence-corrected chi connectivity index (χ2v) is 11.8. The Morgan fingerprint density at radius 3 is 2.79 bits per heavy atom. The van der Waals surface area contributed by atoms with Crippen molar-refractivity contribution in [1.82, 2.24) is 29.1 Å². The number of fused-ring (bicyclic) bond motifs is 1. The molecule has 0 bridgehead atoms. The van der Waals surface area contributed by atoms with Gasteiger partial charge in [-0.3, -0.25) is 23.4 Å². The summed E-state index contributed by atoms with van der Waals surface area (Å²) in [4.78, 5) is 48.5. The van der Waals surface area contributed by atoms with Gasteiger partial charge in [0.15, 0.2) is 23.9 Å². The Kier molecular flexibility index (Phi) is 7.66. The smallest absolute Gasteiger partial charge is 0.330 e. The number of nitrogens with one attached hydrogen (secondary N) is 1. The van der Waals surface area contributed by atoms with Crippen LogP contribution in [0.25, 0.3) is 11.2 Å². The average Bonchev–Trinajstić information content (AvgIpc) is 3.56. The molecule has 212 valence electrons. The summed E-state index contributed by atoms with van der Waals surface area (Å²) in [5, 5.41) is 20.2. The number of H-pyrrole nitrogens is 1. The number of aryl methyl sites for hydroxylation is 1. The lowest BCUT2D eigenvalue weighted by molar-refractivity contribution is -0.0523. The number of rotatable bonds is 8. The van der Waals surface area contributed by atoms with E-state index in [2.05, 4.69) is 19.9 Å². The van der Waals surface area contributed by atoms with E-state index >= 15 is 4.39 Å². The molecule has 2 fully saturated rings. The Morgan fingerprint density at radius 1 is 1.28 bits per heavy atom. The molecule has 5 rings (SSSR count). The van der Waals surface area contributed by atoms with Gasteiger partial charge in [-0.25, -0.2) is 24.1 Å². The molecule has 3 aromatic heterocycles. The number of nitrogen functional groups attached to an aromatic ring is 1. The lowest BCUT2D eigenvalue weighted by atomic mass is 10.1. The summed E-state index contributed by atoms with van der Waals surface area (Å²) in [6, 6.07) is 0. The Bertz CT molecular complexity index is 1540. The van der Waals surface area contributed by atoms with Crippen molar-refractivity contribution in [2.24, 2.45) is 0 Å². The molecular formula is C20H25FN7O9PS. The van der Waals surface area contributed by atoms with Crippen LogP contribution in [0, 0.1) is 6.92 Å². The fourth-order valence-corrected chi connectivity index (χ4v) is 5.87. The highest BCUT2D eigenvalue weighted by Gasteiger charge is 2.49. The molecular weight excluding hydrogens is 564 g/mol. The van der Waals surface area contributed by atoms with Crippen LogP contribution in [0.2, 0.25) is 0 Å². The number of hydrogen-bond acceptors (Lipinski definition) is 13. The molecule has 6 N–H and O–H groups in total. The monoisotopic (exact) mass is 589 g/mol. The van der Waals surface area contributed by atoms with Gasteiger partial charge in [0.2, 0.25) is 0 Å². The number of aliphatic hydroxyl groups excluding tert-OH is 2. The van der Waals surface area contributed by atoms with Gasteiger partial charge < -0.3 is 34.8 Å². The van der Waals surface area contributed by atoms with Crippen LogP contribution in [-0.2, 0) is 30.3 Å². The predicted molar refractivity (Wildman–Crippen MR) is 134 cm³/mol. The van der Waals surface area contributed by atoms with Crippen molar-refractivity contribution in [3.63, 3.8) is 0 Å². The molecule has 19 heteroatoms. The quantitative estimate of drug-likeness (QED) is 0.194. The van der Waals surface area contributed by atoms with Crippen molar-refractivity contribution in [2.75, 3.05) is 18.9 Å². The number of aromatic nitrogens is 6. The molecule has 0 aliphatic carbocycles. The van der Waals surface area contributed by atoms with E-state index in [-0.39, 0.29) is 29.0 Å². The number of anilines is 1. The Morgan fingerprint density at radius 2 is 2.05 bits per heavy atom. The summed E-state index contributed by atoms with van der Waals surface area (Å²) >= 11 is 5.04. The molecule has 0 amide bonds. The third-order valence-electron chi connectivity index (χ3n) is 6.43. The van der Waals surface area contributed by atoms with Gasteiger partial charge in [-0.2, -0.15) is 0 Å². The minimum absolute atomic E-state index is 0.0151. The molecule has 1 unspecified atom stereocenters. The Balaban J connectivity index is 1.25. The third kappa shape index (κ3) is 5.39. The number of alkyl halides is 1. The van der Waals surface area contributed by atoms with E-state index < -0.39 is 74.2 Å². The van der Waals surface area contributed by atoms with Crippen molar-refractivity contribution in [3.05, 3.63) is 45.3 Å². The minimum Gasteiger partial charge on any atom is -0.394 e. The highest BCUT2D eigenvalue weighted by molar-refractivity contribution is 8.07. The van der Waals surface area contributed by atoms with Crippen molar-refractivity contribution < 1.29 is 38.0 Å². The van der Waals surface area contributed by atoms with Crippen molar-refractivity contribution in [1.29, 1.82) is 0 Å². The van der Waals surface area contributed by atoms with E-state index in [0.29, 0.717) is 0 Å². The summed E-state index contributed by atoms with van der Waals surface area (Å²) < 4.78 is 40.0. The fraction of sp³-hybridized carbons (Fsp3) is 0.550. The van der Waals surface area contributed by atoms with Crippen LogP contribution in [-0.4, -0.2) is 88.0 Å². The van der Waals surface area contributed by atoms with Crippen LogP contribution >= 0.6 is 6.72 Å². The molecule has 3 aromatic rings. The first-order valence-electron chi connectivity index (χ1n) is 11.6. The Labute approximate surface area is 223 Å². The molecule has 2 aliphatic heterocycles. The third-order valence-corrected chi connectivity index (χ3v) is 7.98. The summed E-state index contributed by atoms with van der Waals surface area (Å²) in [6.45, 7) is -3.77. The van der Waals surface area contributed by atoms with Gasteiger partial charge >= 0.3 is 12.4 Å². The lowest BCUT2D eigenvalue weighted by Crippen LogP contribution is -2.34. The van der Waals surface area contributed by atoms with Gasteiger partial charge in [0.05, 0.1) is 25.6 Å². The van der Waals surface area contributed by atoms with Gasteiger partial charge in [-0.05, 0) is 18.7 Å². The fourth-order valence-electron chi connectivity index (χ4n) is 4.43. The van der Waals surface area contributed by atoms with Crippen LogP contribution < -0.4 is 17.0 Å². The largest absolute Gasteiger partial charge is 0.394 e. The molecule has 16 nitrogen and oxygen atoms in total. The van der Waals surface area contributed by atoms with Crippen molar-refractivity contribution in [2.45, 2.75) is 56.4 Å². The number of imidazole rings is 1. The van der Waals surface area contributed by atoms with Gasteiger partial charge in [-0.15, -0.1) is 0 Å². The lowest BCUT2D eigenvalue weighted by Gasteiger charge is -2.25. The topological polar surface area (TPSA) is 222 Å². The summed E-state index contributed by atoms with van der Waals surface area (Å²) in [6.07, 6.45) is -5.40. The van der Waals surface area contributed by atoms with Gasteiger partial charge in [0, 0.05) is 18.2 Å². The van der Waals surface area contributed by atoms with Crippen molar-refractivity contribution >= 4 is 35.5 Å². The molecule has 0 radical (unpaired) electrons. The maximum atomic E-state index is 15.6. The highest BCUT2D eigenvalue weighted by atomic mass is 32.5. The van der Waals surface area contributed by atoms with Gasteiger partial charge in [0.1, 0.15) is 36.4 Å². The zero-order valence-electron chi connectivity index (χ0n) is 20.2. The van der Waals surface area contributed by atoms with E-state index in [9.17, 15) is 24.7 Å². The predicted octanol–water partition coefficient (Wildman–Crippen LogP) is -1.24. The van der Waals surface area contributed by atoms with E-state index in [1.54, 1.807) is 0 Å². The maximum absolute atomic E-state index is 15.6. The number of aromatic amines is 1. The van der Waals surface area contributed by atoms with Crippen LogP contribution in [0.4, 0.5) is 10.2 Å². The maximum Gasteiger partial charge on any atom is 0.330 e. The molecule has 8 atom stereocenters. The number of nitrogens with zero attached hydrogens (tertiary/aromatic N) is 5. The first-order valence-corrected chi connectivity index (χ1v) is 14.2. The SMILES string of the molecule is Cc1cn([C@H]2C[C@H](O)[C@@H](COP(O)(=S)O[C@H]3[C@H](F)[C@H](n4cnc5c(N)ncnc54)O[C@@H]3CO)O2)c(=O)[nH]c1=O. The van der Waals surface area contributed by atoms with Crippen LogP contribution in [0.3, 0.4) is 0 Å². The number of aliphatic hydroxyl groups is 2.